The predicted octanol–water partition coefficient (Wildman–Crippen LogP) is 3.81. The van der Waals surface area contributed by atoms with Crippen LogP contribution in [0.25, 0.3) is 0 Å². The minimum absolute atomic E-state index is 0.496. The average Bonchev–Trinajstić information content (AvgIpc) is 2.89. The molecule has 3 rings (SSSR count). The second-order valence-electron chi connectivity index (χ2n) is 4.84. The molecule has 1 aliphatic rings. The summed E-state index contributed by atoms with van der Waals surface area (Å²) in [5.74, 6) is 1.47. The molecule has 0 radical (unpaired) electrons. The summed E-state index contributed by atoms with van der Waals surface area (Å²) in [6, 6.07) is 10.5. The fraction of sp³-hybridized carbons (Fsp3) is 0.400. The first kappa shape index (κ1) is 13.2. The number of nitrogens with zero attached hydrogens (tertiary/aromatic N) is 1. The molecule has 0 aliphatic heterocycles. The molecular formula is C15H18N2S2. The Balaban J connectivity index is 1.71. The zero-order valence-electron chi connectivity index (χ0n) is 10.8. The van der Waals surface area contributed by atoms with Crippen molar-refractivity contribution in [1.29, 1.82) is 0 Å². The van der Waals surface area contributed by atoms with Crippen LogP contribution in [0.2, 0.25) is 0 Å². The maximum absolute atomic E-state index is 5.85. The summed E-state index contributed by atoms with van der Waals surface area (Å²) in [5, 5.41) is 1.25. The van der Waals surface area contributed by atoms with Crippen LogP contribution in [-0.2, 0) is 12.2 Å². The molecule has 1 atom stereocenters. The molecule has 0 fully saturated rings. The van der Waals surface area contributed by atoms with Crippen LogP contribution in [0.3, 0.4) is 0 Å². The van der Waals surface area contributed by atoms with Crippen LogP contribution in [-0.4, -0.2) is 11.5 Å². The Morgan fingerprint density at radius 1 is 1.32 bits per heavy atom. The number of nitrogens with two attached hydrogens (primary N) is 1. The first-order valence-corrected chi connectivity index (χ1v) is 8.53. The molecule has 1 heterocycles. The van der Waals surface area contributed by atoms with Gasteiger partial charge in [0.05, 0.1) is 11.4 Å². The molecule has 1 unspecified atom stereocenters. The number of benzene rings is 1. The van der Waals surface area contributed by atoms with Gasteiger partial charge in [-0.1, -0.05) is 18.2 Å². The molecule has 1 aromatic carbocycles. The van der Waals surface area contributed by atoms with Crippen LogP contribution in [0.4, 0.5) is 0 Å². The topological polar surface area (TPSA) is 38.9 Å². The van der Waals surface area contributed by atoms with Gasteiger partial charge in [-0.2, -0.15) is 0 Å². The van der Waals surface area contributed by atoms with Gasteiger partial charge in [0.1, 0.15) is 5.01 Å². The summed E-state index contributed by atoms with van der Waals surface area (Å²) >= 11 is 3.75. The third-order valence-electron chi connectivity index (χ3n) is 3.51. The Morgan fingerprint density at radius 3 is 2.95 bits per heavy atom. The number of aromatic nitrogens is 1. The second-order valence-corrected chi connectivity index (χ2v) is 7.06. The Kier molecular flexibility index (Phi) is 4.21. The van der Waals surface area contributed by atoms with E-state index in [1.165, 1.54) is 39.7 Å². The van der Waals surface area contributed by atoms with Gasteiger partial charge in [0, 0.05) is 22.2 Å². The fourth-order valence-corrected chi connectivity index (χ4v) is 4.62. The van der Waals surface area contributed by atoms with E-state index in [0.29, 0.717) is 5.92 Å². The lowest BCUT2D eigenvalue weighted by Gasteiger charge is -2.18. The molecule has 19 heavy (non-hydrogen) atoms. The fourth-order valence-electron chi connectivity index (χ4n) is 2.51. The standard InChI is InChI=1S/C15H18N2S2/c16-9-11-5-4-8-13-15(11)17-14(19-13)10-18-12-6-2-1-3-7-12/h1-3,6-7,11H,4-5,8-10,16H2. The van der Waals surface area contributed by atoms with Crippen molar-refractivity contribution in [2.24, 2.45) is 5.73 Å². The lowest BCUT2D eigenvalue weighted by atomic mass is 9.91. The van der Waals surface area contributed by atoms with Crippen molar-refractivity contribution in [3.63, 3.8) is 0 Å². The Morgan fingerprint density at radius 2 is 2.16 bits per heavy atom. The van der Waals surface area contributed by atoms with E-state index in [-0.39, 0.29) is 0 Å². The van der Waals surface area contributed by atoms with Crippen molar-refractivity contribution >= 4 is 23.1 Å². The van der Waals surface area contributed by atoms with Gasteiger partial charge in [0.25, 0.3) is 0 Å². The molecule has 0 bridgehead atoms. The Labute approximate surface area is 122 Å². The van der Waals surface area contributed by atoms with E-state index in [1.54, 1.807) is 0 Å². The van der Waals surface area contributed by atoms with Crippen molar-refractivity contribution < 1.29 is 0 Å². The number of hydrogen-bond acceptors (Lipinski definition) is 4. The molecule has 1 aliphatic carbocycles. The van der Waals surface area contributed by atoms with Gasteiger partial charge in [-0.25, -0.2) is 4.98 Å². The maximum Gasteiger partial charge on any atom is 0.103 e. The molecular weight excluding hydrogens is 272 g/mol. The van der Waals surface area contributed by atoms with Crippen molar-refractivity contribution in [3.8, 4) is 0 Å². The monoisotopic (exact) mass is 290 g/mol. The normalized spacial score (nSPS) is 18.3. The highest BCUT2D eigenvalue weighted by Crippen LogP contribution is 2.35. The average molecular weight is 290 g/mol. The molecule has 2 N–H and O–H groups in total. The van der Waals surface area contributed by atoms with Crippen molar-refractivity contribution in [1.82, 2.24) is 4.98 Å². The number of aryl methyl sites for hydroxylation is 1. The molecule has 1 aromatic heterocycles. The van der Waals surface area contributed by atoms with Gasteiger partial charge < -0.3 is 5.73 Å². The van der Waals surface area contributed by atoms with Crippen molar-refractivity contribution in [3.05, 3.63) is 45.9 Å². The van der Waals surface area contributed by atoms with Crippen LogP contribution in [0, 0.1) is 0 Å². The summed E-state index contributed by atoms with van der Waals surface area (Å²) in [5.41, 5.74) is 7.15. The number of hydrogen-bond donors (Lipinski definition) is 1. The van der Waals surface area contributed by atoms with Crippen LogP contribution >= 0.6 is 23.1 Å². The highest BCUT2D eigenvalue weighted by atomic mass is 32.2. The third-order valence-corrected chi connectivity index (χ3v) is 5.84. The van der Waals surface area contributed by atoms with Crippen LogP contribution < -0.4 is 5.73 Å². The molecule has 100 valence electrons. The van der Waals surface area contributed by atoms with E-state index in [9.17, 15) is 0 Å². The Hall–Kier alpha value is -0.840. The minimum atomic E-state index is 0.496. The SMILES string of the molecule is NCC1CCCc2sc(CSc3ccccc3)nc21. The van der Waals surface area contributed by atoms with Gasteiger partial charge in [0.15, 0.2) is 0 Å². The summed E-state index contributed by atoms with van der Waals surface area (Å²) in [4.78, 5) is 7.62. The van der Waals surface area contributed by atoms with E-state index in [4.69, 9.17) is 10.7 Å². The predicted molar refractivity (Wildman–Crippen MR) is 82.9 cm³/mol. The van der Waals surface area contributed by atoms with Crippen LogP contribution in [0.15, 0.2) is 35.2 Å². The van der Waals surface area contributed by atoms with E-state index in [1.807, 2.05) is 23.1 Å². The zero-order chi connectivity index (χ0) is 13.1. The first-order chi connectivity index (χ1) is 9.36. The summed E-state index contributed by atoms with van der Waals surface area (Å²) < 4.78 is 0. The smallest absolute Gasteiger partial charge is 0.103 e. The molecule has 0 spiro atoms. The van der Waals surface area contributed by atoms with E-state index in [2.05, 4.69) is 30.3 Å². The molecule has 0 saturated heterocycles. The van der Waals surface area contributed by atoms with Crippen LogP contribution in [0.1, 0.15) is 34.3 Å². The van der Waals surface area contributed by atoms with Gasteiger partial charge in [0.2, 0.25) is 0 Å². The Bertz CT molecular complexity index is 536. The number of thiazole rings is 1. The van der Waals surface area contributed by atoms with Crippen molar-refractivity contribution in [2.45, 2.75) is 35.8 Å². The van der Waals surface area contributed by atoms with E-state index < -0.39 is 0 Å². The molecule has 0 amide bonds. The molecule has 2 nitrogen and oxygen atoms in total. The first-order valence-electron chi connectivity index (χ1n) is 6.73. The minimum Gasteiger partial charge on any atom is -0.330 e. The third kappa shape index (κ3) is 3.02. The van der Waals surface area contributed by atoms with E-state index in [0.717, 1.165) is 12.3 Å². The van der Waals surface area contributed by atoms with Gasteiger partial charge in [-0.05, 0) is 31.4 Å². The quantitative estimate of drug-likeness (QED) is 0.870. The second kappa shape index (κ2) is 6.07. The van der Waals surface area contributed by atoms with Gasteiger partial charge >= 0.3 is 0 Å². The number of fused-ring (bicyclic) bond motifs is 1. The lowest BCUT2D eigenvalue weighted by molar-refractivity contribution is 0.553. The van der Waals surface area contributed by atoms with Crippen molar-refractivity contribution in [2.75, 3.05) is 6.54 Å². The highest BCUT2D eigenvalue weighted by Gasteiger charge is 2.23. The lowest BCUT2D eigenvalue weighted by Crippen LogP contribution is -2.17. The maximum atomic E-state index is 5.85. The zero-order valence-corrected chi connectivity index (χ0v) is 12.5. The highest BCUT2D eigenvalue weighted by molar-refractivity contribution is 7.98. The molecule has 0 saturated carbocycles. The summed E-state index contributed by atoms with van der Waals surface area (Å²) in [6.45, 7) is 0.738. The number of thioether (sulfide) groups is 1. The number of rotatable bonds is 4. The van der Waals surface area contributed by atoms with Gasteiger partial charge in [-0.3, -0.25) is 0 Å². The van der Waals surface area contributed by atoms with Gasteiger partial charge in [-0.15, -0.1) is 23.1 Å². The molecule has 4 heteroatoms. The molecule has 2 aromatic rings. The van der Waals surface area contributed by atoms with Crippen LogP contribution in [0.5, 0.6) is 0 Å². The summed E-state index contributed by atoms with van der Waals surface area (Å²) in [7, 11) is 0. The summed E-state index contributed by atoms with van der Waals surface area (Å²) in [6.07, 6.45) is 3.67. The largest absolute Gasteiger partial charge is 0.330 e. The van der Waals surface area contributed by atoms with E-state index >= 15 is 0 Å².